The number of benzene rings is 2. The number of hydrazone groups is 1. The minimum atomic E-state index is -0.507. The topological polar surface area (TPSA) is 97.1 Å². The van der Waals surface area contributed by atoms with Crippen molar-refractivity contribution in [1.29, 1.82) is 0 Å². The average Bonchev–Trinajstić information content (AvgIpc) is 3.19. The Bertz CT molecular complexity index is 1400. The maximum Gasteiger partial charge on any atom is 0.329 e. The molecule has 0 fully saturated rings. The van der Waals surface area contributed by atoms with E-state index < -0.39 is 11.2 Å². The van der Waals surface area contributed by atoms with Gasteiger partial charge in [0.2, 0.25) is 5.95 Å². The Hall–Kier alpha value is -4.20. The first-order valence-corrected chi connectivity index (χ1v) is 10.3. The fourth-order valence-corrected chi connectivity index (χ4v) is 3.38. The molecule has 2 N–H and O–H groups in total. The number of aromatic nitrogens is 4. The van der Waals surface area contributed by atoms with Crippen molar-refractivity contribution >= 4 is 28.9 Å². The van der Waals surface area contributed by atoms with Gasteiger partial charge in [-0.1, -0.05) is 66.7 Å². The molecule has 4 aromatic rings. The molecule has 162 valence electrons. The summed E-state index contributed by atoms with van der Waals surface area (Å²) in [6.45, 7) is 2.37. The first kappa shape index (κ1) is 21.0. The molecule has 8 heteroatoms. The number of nitrogens with one attached hydrogen (secondary N) is 2. The summed E-state index contributed by atoms with van der Waals surface area (Å²) >= 11 is 0. The summed E-state index contributed by atoms with van der Waals surface area (Å²) in [5.74, 6) is 0.398. The Morgan fingerprint density at radius 3 is 2.50 bits per heavy atom. The number of rotatable bonds is 7. The number of aromatic amines is 1. The van der Waals surface area contributed by atoms with Gasteiger partial charge in [-0.3, -0.25) is 14.3 Å². The molecule has 0 unspecified atom stereocenters. The number of nitrogens with zero attached hydrogens (tertiary/aromatic N) is 4. The van der Waals surface area contributed by atoms with Gasteiger partial charge in [0.05, 0.1) is 5.71 Å². The molecule has 2 aromatic carbocycles. The Kier molecular flexibility index (Phi) is 6.12. The maximum atomic E-state index is 12.6. The summed E-state index contributed by atoms with van der Waals surface area (Å²) in [6, 6.07) is 19.9. The largest absolute Gasteiger partial charge is 0.329 e. The molecule has 2 aromatic heterocycles. The molecule has 0 spiro atoms. The zero-order valence-electron chi connectivity index (χ0n) is 17.9. The van der Waals surface area contributed by atoms with E-state index in [2.05, 4.69) is 20.5 Å². The van der Waals surface area contributed by atoms with Gasteiger partial charge in [-0.15, -0.1) is 0 Å². The highest BCUT2D eigenvalue weighted by molar-refractivity contribution is 5.96. The highest BCUT2D eigenvalue weighted by atomic mass is 16.2. The smallest absolute Gasteiger partial charge is 0.303 e. The lowest BCUT2D eigenvalue weighted by molar-refractivity contribution is 0.716. The number of anilines is 1. The van der Waals surface area contributed by atoms with E-state index in [1.54, 1.807) is 11.6 Å². The van der Waals surface area contributed by atoms with Crippen LogP contribution in [0.15, 0.2) is 81.4 Å². The van der Waals surface area contributed by atoms with Crippen LogP contribution in [-0.4, -0.2) is 24.8 Å². The fraction of sp³-hybridized carbons (Fsp3) is 0.167. The van der Waals surface area contributed by atoms with E-state index >= 15 is 0 Å². The molecule has 0 amide bonds. The number of allylic oxidation sites excluding steroid dienone is 1. The SMILES string of the molecule is CC(/C=C\c1ccccc1)=N/Nc1nc2c(c(=O)[nH]c(=O)n2C)n1CCc1ccccc1. The summed E-state index contributed by atoms with van der Waals surface area (Å²) in [5, 5.41) is 4.40. The van der Waals surface area contributed by atoms with Gasteiger partial charge in [-0.2, -0.15) is 10.1 Å². The van der Waals surface area contributed by atoms with Crippen molar-refractivity contribution < 1.29 is 0 Å². The molecule has 0 radical (unpaired) electrons. The predicted molar refractivity (Wildman–Crippen MR) is 128 cm³/mol. The molecule has 0 aliphatic rings. The highest BCUT2D eigenvalue weighted by Gasteiger charge is 2.17. The Balaban J connectivity index is 1.67. The zero-order valence-corrected chi connectivity index (χ0v) is 17.9. The molecule has 0 aliphatic carbocycles. The Morgan fingerprint density at radius 1 is 1.09 bits per heavy atom. The normalized spacial score (nSPS) is 12.0. The predicted octanol–water partition coefficient (Wildman–Crippen LogP) is 3.17. The first-order chi connectivity index (χ1) is 15.5. The van der Waals surface area contributed by atoms with Crippen LogP contribution in [0.2, 0.25) is 0 Å². The maximum absolute atomic E-state index is 12.6. The van der Waals surface area contributed by atoms with Crippen LogP contribution in [-0.2, 0) is 20.0 Å². The van der Waals surface area contributed by atoms with Crippen LogP contribution in [0.4, 0.5) is 5.95 Å². The molecule has 0 saturated carbocycles. The second-order valence-electron chi connectivity index (χ2n) is 7.42. The van der Waals surface area contributed by atoms with E-state index in [9.17, 15) is 9.59 Å². The molecule has 4 rings (SSSR count). The third-order valence-electron chi connectivity index (χ3n) is 5.12. The average molecular weight is 428 g/mol. The van der Waals surface area contributed by atoms with Crippen molar-refractivity contribution in [2.75, 3.05) is 5.43 Å². The molecule has 0 aliphatic heterocycles. The van der Waals surface area contributed by atoms with E-state index in [1.165, 1.54) is 4.57 Å². The van der Waals surface area contributed by atoms with Gasteiger partial charge < -0.3 is 4.57 Å². The lowest BCUT2D eigenvalue weighted by Gasteiger charge is -2.08. The number of aryl methyl sites for hydroxylation is 3. The summed E-state index contributed by atoms with van der Waals surface area (Å²) in [5.41, 5.74) is 5.56. The molecule has 32 heavy (non-hydrogen) atoms. The molecule has 0 bridgehead atoms. The van der Waals surface area contributed by atoms with Crippen molar-refractivity contribution in [3.63, 3.8) is 0 Å². The quantitative estimate of drug-likeness (QED) is 0.349. The molecular weight excluding hydrogens is 404 g/mol. The minimum absolute atomic E-state index is 0.307. The monoisotopic (exact) mass is 428 g/mol. The van der Waals surface area contributed by atoms with Crippen LogP contribution >= 0.6 is 0 Å². The summed E-state index contributed by atoms with van der Waals surface area (Å²) < 4.78 is 3.09. The third-order valence-corrected chi connectivity index (χ3v) is 5.12. The number of fused-ring (bicyclic) bond motifs is 1. The van der Waals surface area contributed by atoms with Gasteiger partial charge in [0.15, 0.2) is 11.2 Å². The van der Waals surface area contributed by atoms with E-state index in [0.29, 0.717) is 30.1 Å². The van der Waals surface area contributed by atoms with E-state index in [1.807, 2.05) is 79.7 Å². The zero-order chi connectivity index (χ0) is 22.5. The van der Waals surface area contributed by atoms with Crippen molar-refractivity contribution in [1.82, 2.24) is 19.1 Å². The van der Waals surface area contributed by atoms with Crippen LogP contribution in [0, 0.1) is 0 Å². The summed E-state index contributed by atoms with van der Waals surface area (Å²) in [4.78, 5) is 31.5. The summed E-state index contributed by atoms with van der Waals surface area (Å²) in [6.07, 6.45) is 4.55. The number of hydrogen-bond acceptors (Lipinski definition) is 5. The fourth-order valence-electron chi connectivity index (χ4n) is 3.38. The second-order valence-corrected chi connectivity index (χ2v) is 7.42. The number of imidazole rings is 1. The number of hydrogen-bond donors (Lipinski definition) is 2. The molecule has 2 heterocycles. The van der Waals surface area contributed by atoms with Gasteiger partial charge in [0.1, 0.15) is 0 Å². The summed E-state index contributed by atoms with van der Waals surface area (Å²) in [7, 11) is 1.58. The van der Waals surface area contributed by atoms with E-state index in [-0.39, 0.29) is 0 Å². The first-order valence-electron chi connectivity index (χ1n) is 10.3. The lowest BCUT2D eigenvalue weighted by Crippen LogP contribution is -2.29. The molecule has 8 nitrogen and oxygen atoms in total. The van der Waals surface area contributed by atoms with Gasteiger partial charge >= 0.3 is 5.69 Å². The van der Waals surface area contributed by atoms with Crippen LogP contribution in [0.5, 0.6) is 0 Å². The molecule has 0 atom stereocenters. The minimum Gasteiger partial charge on any atom is -0.303 e. The van der Waals surface area contributed by atoms with Gasteiger partial charge in [0.25, 0.3) is 5.56 Å². The Morgan fingerprint density at radius 2 is 1.78 bits per heavy atom. The van der Waals surface area contributed by atoms with Crippen molar-refractivity contribution in [2.45, 2.75) is 19.9 Å². The van der Waals surface area contributed by atoms with Crippen LogP contribution in [0.25, 0.3) is 17.2 Å². The van der Waals surface area contributed by atoms with E-state index in [4.69, 9.17) is 0 Å². The van der Waals surface area contributed by atoms with Crippen molar-refractivity contribution in [2.24, 2.45) is 12.1 Å². The second kappa shape index (κ2) is 9.30. The molecule has 0 saturated heterocycles. The Labute approximate surface area is 184 Å². The lowest BCUT2D eigenvalue weighted by atomic mass is 10.1. The van der Waals surface area contributed by atoms with E-state index in [0.717, 1.165) is 16.8 Å². The molecular formula is C24H24N6O2. The van der Waals surface area contributed by atoms with Crippen molar-refractivity contribution in [3.05, 3.63) is 98.7 Å². The van der Waals surface area contributed by atoms with Crippen LogP contribution in [0.3, 0.4) is 0 Å². The van der Waals surface area contributed by atoms with Gasteiger partial charge in [-0.25, -0.2) is 10.2 Å². The third kappa shape index (κ3) is 4.59. The highest BCUT2D eigenvalue weighted by Crippen LogP contribution is 2.17. The van der Waals surface area contributed by atoms with Crippen LogP contribution < -0.4 is 16.7 Å². The van der Waals surface area contributed by atoms with Gasteiger partial charge in [0, 0.05) is 13.6 Å². The van der Waals surface area contributed by atoms with Crippen molar-refractivity contribution in [3.8, 4) is 0 Å². The standard InChI is InChI=1S/C24H24N6O2/c1-17(13-14-18-9-5-3-6-10-18)27-28-23-25-21-20(22(31)26-24(32)29(21)2)30(23)16-15-19-11-7-4-8-12-19/h3-14H,15-16H2,1-2H3,(H,25,28)(H,26,31,32)/b14-13-,27-17-. The number of H-pyrrole nitrogens is 1. The van der Waals surface area contributed by atoms with Crippen LogP contribution in [0.1, 0.15) is 18.1 Å². The van der Waals surface area contributed by atoms with Gasteiger partial charge in [-0.05, 0) is 30.5 Å².